The first-order valence-corrected chi connectivity index (χ1v) is 8.98. The molecule has 0 unspecified atom stereocenters. The zero-order valence-electron chi connectivity index (χ0n) is 16.8. The average Bonchev–Trinajstić information content (AvgIpc) is 3.08. The molecule has 2 rings (SSSR count). The molecule has 0 aromatic carbocycles. The van der Waals surface area contributed by atoms with Crippen LogP contribution in [0.1, 0.15) is 44.0 Å². The van der Waals surface area contributed by atoms with Crippen LogP contribution >= 0.6 is 24.0 Å². The fourth-order valence-corrected chi connectivity index (χ4v) is 2.48. The van der Waals surface area contributed by atoms with Crippen molar-refractivity contribution in [1.29, 1.82) is 0 Å². The maximum Gasteiger partial charge on any atom is 0.410 e. The minimum Gasteiger partial charge on any atom is -0.460 e. The summed E-state index contributed by atoms with van der Waals surface area (Å²) in [4.78, 5) is 31.5. The molecule has 0 atom stereocenters. The van der Waals surface area contributed by atoms with Crippen LogP contribution in [0, 0.1) is 0 Å². The molecule has 1 aromatic heterocycles. The summed E-state index contributed by atoms with van der Waals surface area (Å²) in [5.41, 5.74) is 5.53. The molecule has 0 bridgehead atoms. The minimum atomic E-state index is -0.514. The smallest absolute Gasteiger partial charge is 0.410 e. The summed E-state index contributed by atoms with van der Waals surface area (Å²) in [5, 5.41) is 0. The van der Waals surface area contributed by atoms with Crippen molar-refractivity contribution in [2.24, 2.45) is 10.7 Å². The third-order valence-corrected chi connectivity index (χ3v) is 3.79. The van der Waals surface area contributed by atoms with Crippen LogP contribution in [0.2, 0.25) is 0 Å². The molecule has 2 N–H and O–H groups in total. The van der Waals surface area contributed by atoms with Gasteiger partial charge in [0.15, 0.2) is 5.96 Å². The predicted molar refractivity (Wildman–Crippen MR) is 115 cm³/mol. The van der Waals surface area contributed by atoms with Gasteiger partial charge in [-0.3, -0.25) is 0 Å². The lowest BCUT2D eigenvalue weighted by atomic mass is 10.2. The number of ether oxygens (including phenoxy) is 2. The van der Waals surface area contributed by atoms with Crippen LogP contribution in [0.5, 0.6) is 0 Å². The number of guanidine groups is 1. The number of nitrogens with zero attached hydrogens (tertiary/aromatic N) is 3. The molecule has 0 spiro atoms. The van der Waals surface area contributed by atoms with Crippen molar-refractivity contribution in [1.82, 2.24) is 9.80 Å². The first kappa shape index (κ1) is 24.1. The van der Waals surface area contributed by atoms with Gasteiger partial charge in [0.2, 0.25) is 5.76 Å². The summed E-state index contributed by atoms with van der Waals surface area (Å²) in [6.07, 6.45) is -0.320. The number of hydrogen-bond donors (Lipinski definition) is 1. The Hall–Kier alpha value is -1.98. The van der Waals surface area contributed by atoms with E-state index < -0.39 is 11.6 Å². The van der Waals surface area contributed by atoms with Gasteiger partial charge in [0, 0.05) is 26.2 Å². The Morgan fingerprint density at radius 1 is 1.18 bits per heavy atom. The lowest BCUT2D eigenvalue weighted by Gasteiger charge is -2.36. The van der Waals surface area contributed by atoms with E-state index in [1.807, 2.05) is 25.7 Å². The number of hydrogen-bond acceptors (Lipinski definition) is 6. The van der Waals surface area contributed by atoms with E-state index in [-0.39, 0.29) is 49.0 Å². The monoisotopic (exact) mass is 508 g/mol. The Labute approximate surface area is 182 Å². The molecular formula is C18H29IN4O5. The molecule has 28 heavy (non-hydrogen) atoms. The summed E-state index contributed by atoms with van der Waals surface area (Å²) >= 11 is 0. The molecule has 1 aromatic rings. The summed E-state index contributed by atoms with van der Waals surface area (Å²) < 4.78 is 15.7. The number of furan rings is 1. The SMILES string of the molecule is CCOC(=O)c1ccc(CN=C(N)N2CCN(C(=O)OC(C)(C)C)CC2)o1.I. The maximum absolute atomic E-state index is 12.1. The van der Waals surface area contributed by atoms with Crippen molar-refractivity contribution >= 4 is 42.0 Å². The molecule has 1 saturated heterocycles. The van der Waals surface area contributed by atoms with Crippen LogP contribution in [-0.4, -0.2) is 66.2 Å². The van der Waals surface area contributed by atoms with Crippen LogP contribution in [0.15, 0.2) is 21.5 Å². The number of carbonyl (C=O) groups excluding carboxylic acids is 2. The second kappa shape index (κ2) is 10.5. The highest BCUT2D eigenvalue weighted by Gasteiger charge is 2.26. The lowest BCUT2D eigenvalue weighted by Crippen LogP contribution is -2.53. The van der Waals surface area contributed by atoms with E-state index in [1.54, 1.807) is 24.0 Å². The normalized spacial score (nSPS) is 15.1. The van der Waals surface area contributed by atoms with Crippen LogP contribution in [0.25, 0.3) is 0 Å². The van der Waals surface area contributed by atoms with Crippen LogP contribution in [0.4, 0.5) is 4.79 Å². The number of piperazine rings is 1. The summed E-state index contributed by atoms with van der Waals surface area (Å²) in [7, 11) is 0. The molecule has 1 amide bonds. The van der Waals surface area contributed by atoms with Crippen LogP contribution in [0.3, 0.4) is 0 Å². The summed E-state index contributed by atoms with van der Waals surface area (Å²) in [5.74, 6) is 0.534. The van der Waals surface area contributed by atoms with Crippen molar-refractivity contribution in [3.63, 3.8) is 0 Å². The Bertz CT molecular complexity index is 690. The largest absolute Gasteiger partial charge is 0.460 e. The van der Waals surface area contributed by atoms with E-state index in [1.165, 1.54) is 0 Å². The molecule has 0 radical (unpaired) electrons. The lowest BCUT2D eigenvalue weighted by molar-refractivity contribution is 0.0186. The van der Waals surface area contributed by atoms with Gasteiger partial charge >= 0.3 is 12.1 Å². The molecule has 0 saturated carbocycles. The van der Waals surface area contributed by atoms with Crippen molar-refractivity contribution in [3.8, 4) is 0 Å². The molecule has 1 aliphatic heterocycles. The Balaban J connectivity index is 0.00000392. The second-order valence-corrected chi connectivity index (χ2v) is 7.12. The topological polar surface area (TPSA) is 111 Å². The van der Waals surface area contributed by atoms with Gasteiger partial charge in [0.05, 0.1) is 6.61 Å². The van der Waals surface area contributed by atoms with Crippen molar-refractivity contribution in [3.05, 3.63) is 23.7 Å². The Morgan fingerprint density at radius 3 is 2.36 bits per heavy atom. The molecule has 158 valence electrons. The standard InChI is InChI=1S/C18H28N4O5.HI/c1-5-25-15(23)14-7-6-13(26-14)12-20-16(19)21-8-10-22(11-9-21)17(24)27-18(2,3)4;/h6-7H,5,8-12H2,1-4H3,(H2,19,20);1H. The quantitative estimate of drug-likeness (QED) is 0.288. The minimum absolute atomic E-state index is 0. The van der Waals surface area contributed by atoms with E-state index in [0.717, 1.165) is 0 Å². The molecule has 1 aliphatic rings. The molecule has 10 heteroatoms. The third-order valence-electron chi connectivity index (χ3n) is 3.79. The number of nitrogens with two attached hydrogens (primary N) is 1. The highest BCUT2D eigenvalue weighted by Crippen LogP contribution is 2.13. The van der Waals surface area contributed by atoms with Gasteiger partial charge in [-0.2, -0.15) is 0 Å². The molecule has 9 nitrogen and oxygen atoms in total. The highest BCUT2D eigenvalue weighted by molar-refractivity contribution is 14.0. The van der Waals surface area contributed by atoms with Crippen LogP contribution < -0.4 is 5.73 Å². The van der Waals surface area contributed by atoms with E-state index in [2.05, 4.69) is 4.99 Å². The average molecular weight is 508 g/mol. The first-order chi connectivity index (χ1) is 12.7. The molecule has 1 fully saturated rings. The van der Waals surface area contributed by atoms with Crippen molar-refractivity contribution < 1.29 is 23.5 Å². The summed E-state index contributed by atoms with van der Waals surface area (Å²) in [6.45, 7) is 9.93. The van der Waals surface area contributed by atoms with Crippen molar-refractivity contribution in [2.75, 3.05) is 32.8 Å². The maximum atomic E-state index is 12.1. The van der Waals surface area contributed by atoms with E-state index >= 15 is 0 Å². The number of amides is 1. The van der Waals surface area contributed by atoms with Gasteiger partial charge in [-0.15, -0.1) is 24.0 Å². The van der Waals surface area contributed by atoms with Crippen molar-refractivity contribution in [2.45, 2.75) is 39.8 Å². The van der Waals surface area contributed by atoms with Crippen LogP contribution in [-0.2, 0) is 16.0 Å². The number of rotatable bonds is 4. The number of aliphatic imine (C=N–C) groups is 1. The third kappa shape index (κ3) is 7.21. The van der Waals surface area contributed by atoms with Gasteiger partial charge in [0.25, 0.3) is 0 Å². The zero-order valence-corrected chi connectivity index (χ0v) is 19.1. The highest BCUT2D eigenvalue weighted by atomic mass is 127. The Kier molecular flexibility index (Phi) is 9.05. The fraction of sp³-hybridized carbons (Fsp3) is 0.611. The van der Waals surface area contributed by atoms with E-state index in [0.29, 0.717) is 37.9 Å². The van der Waals surface area contributed by atoms with Gasteiger partial charge < -0.3 is 29.4 Å². The van der Waals surface area contributed by atoms with Gasteiger partial charge in [-0.05, 0) is 39.8 Å². The van der Waals surface area contributed by atoms with E-state index in [9.17, 15) is 9.59 Å². The second-order valence-electron chi connectivity index (χ2n) is 7.12. The fourth-order valence-electron chi connectivity index (χ4n) is 2.48. The number of halogens is 1. The number of esters is 1. The predicted octanol–water partition coefficient (Wildman–Crippen LogP) is 2.44. The molecule has 0 aliphatic carbocycles. The first-order valence-electron chi connectivity index (χ1n) is 8.98. The molecular weight excluding hydrogens is 479 g/mol. The van der Waals surface area contributed by atoms with Gasteiger partial charge in [-0.25, -0.2) is 14.6 Å². The van der Waals surface area contributed by atoms with E-state index in [4.69, 9.17) is 19.6 Å². The van der Waals surface area contributed by atoms with Gasteiger partial charge in [-0.1, -0.05) is 0 Å². The molecule has 2 heterocycles. The Morgan fingerprint density at radius 2 is 1.79 bits per heavy atom. The zero-order chi connectivity index (χ0) is 20.0. The number of carbonyl (C=O) groups is 2. The van der Waals surface area contributed by atoms with Gasteiger partial charge in [0.1, 0.15) is 17.9 Å². The summed E-state index contributed by atoms with van der Waals surface area (Å²) in [6, 6.07) is 3.22.